The number of amidine groups is 1. The van der Waals surface area contributed by atoms with E-state index >= 15 is 0 Å². The molecule has 2 aliphatic rings. The molecule has 0 N–H and O–H groups in total. The van der Waals surface area contributed by atoms with Gasteiger partial charge < -0.3 is 19.2 Å². The summed E-state index contributed by atoms with van der Waals surface area (Å²) in [7, 11) is 4.13. The minimum absolute atomic E-state index is 0.373. The predicted molar refractivity (Wildman–Crippen MR) is 76.9 cm³/mol. The lowest BCUT2D eigenvalue weighted by molar-refractivity contribution is 0.241. The van der Waals surface area contributed by atoms with E-state index in [4.69, 9.17) is 4.52 Å². The lowest BCUT2D eigenvalue weighted by Gasteiger charge is -2.34. The number of aromatic nitrogens is 1. The highest BCUT2D eigenvalue weighted by Gasteiger charge is 2.27. The van der Waals surface area contributed by atoms with Gasteiger partial charge in [-0.2, -0.15) is 0 Å². The van der Waals surface area contributed by atoms with Crippen molar-refractivity contribution in [1.29, 1.82) is 0 Å². The van der Waals surface area contributed by atoms with Crippen molar-refractivity contribution in [2.24, 2.45) is 4.99 Å². The first-order valence-corrected chi connectivity index (χ1v) is 6.93. The number of rotatable bonds is 3. The Bertz CT molecular complexity index is 560. The van der Waals surface area contributed by atoms with Gasteiger partial charge in [-0.1, -0.05) is 19.0 Å². The topological polar surface area (TPSA) is 48.1 Å². The lowest BCUT2D eigenvalue weighted by atomic mass is 10.1. The molecule has 2 aliphatic heterocycles. The van der Waals surface area contributed by atoms with Crippen LogP contribution in [0.25, 0.3) is 0 Å². The van der Waals surface area contributed by atoms with Crippen molar-refractivity contribution in [3.63, 3.8) is 0 Å². The summed E-state index contributed by atoms with van der Waals surface area (Å²) in [6.07, 6.45) is 2.16. The van der Waals surface area contributed by atoms with Crippen LogP contribution in [0.1, 0.15) is 31.2 Å². The van der Waals surface area contributed by atoms with Crippen LogP contribution in [-0.4, -0.2) is 53.1 Å². The zero-order chi connectivity index (χ0) is 14.3. The highest BCUT2D eigenvalue weighted by molar-refractivity contribution is 5.99. The molecule has 6 nitrogen and oxygen atoms in total. The Morgan fingerprint density at radius 2 is 2.10 bits per heavy atom. The zero-order valence-corrected chi connectivity index (χ0v) is 12.5. The van der Waals surface area contributed by atoms with E-state index in [-0.39, 0.29) is 0 Å². The van der Waals surface area contributed by atoms with Crippen LogP contribution < -0.4 is 0 Å². The van der Waals surface area contributed by atoms with Gasteiger partial charge in [-0.25, -0.2) is 4.99 Å². The highest BCUT2D eigenvalue weighted by Crippen LogP contribution is 2.22. The molecular weight excluding hydrogens is 254 g/mol. The molecule has 0 aliphatic carbocycles. The minimum Gasteiger partial charge on any atom is -0.361 e. The molecule has 3 rings (SSSR count). The molecule has 0 aromatic carbocycles. The standard InChI is InChI=1S/C14H21N5O/c1-10(2)13-5-11(16-20-13)6-19-7-12-14(18(4)9-19)15-8-17(12)3/h5,7,10H,6,8-9H2,1-4H3. The maximum absolute atomic E-state index is 5.36. The van der Waals surface area contributed by atoms with E-state index < -0.39 is 0 Å². The van der Waals surface area contributed by atoms with Gasteiger partial charge in [-0.3, -0.25) is 0 Å². The van der Waals surface area contributed by atoms with Gasteiger partial charge in [0.2, 0.25) is 0 Å². The Labute approximate surface area is 119 Å². The number of likely N-dealkylation sites (N-methyl/N-ethyl adjacent to an activating group) is 2. The van der Waals surface area contributed by atoms with Crippen LogP contribution in [0.2, 0.25) is 0 Å². The Kier molecular flexibility index (Phi) is 3.16. The Morgan fingerprint density at radius 1 is 1.30 bits per heavy atom. The third kappa shape index (κ3) is 2.26. The number of aliphatic imine (C=N–C) groups is 1. The van der Waals surface area contributed by atoms with Crippen LogP contribution in [0.4, 0.5) is 0 Å². The highest BCUT2D eigenvalue weighted by atomic mass is 16.5. The maximum Gasteiger partial charge on any atom is 0.152 e. The summed E-state index contributed by atoms with van der Waals surface area (Å²) in [5.41, 5.74) is 2.14. The molecule has 0 radical (unpaired) electrons. The molecule has 3 heterocycles. The fourth-order valence-corrected chi connectivity index (χ4v) is 2.51. The zero-order valence-electron chi connectivity index (χ0n) is 12.5. The van der Waals surface area contributed by atoms with E-state index in [1.807, 2.05) is 6.07 Å². The third-order valence-corrected chi connectivity index (χ3v) is 3.64. The summed E-state index contributed by atoms with van der Waals surface area (Å²) >= 11 is 0. The van der Waals surface area contributed by atoms with Crippen molar-refractivity contribution in [1.82, 2.24) is 19.9 Å². The third-order valence-electron chi connectivity index (χ3n) is 3.64. The molecule has 0 bridgehead atoms. The molecule has 0 unspecified atom stereocenters. The monoisotopic (exact) mass is 275 g/mol. The number of nitrogens with zero attached hydrogens (tertiary/aromatic N) is 5. The van der Waals surface area contributed by atoms with E-state index in [9.17, 15) is 0 Å². The first kappa shape index (κ1) is 13.0. The van der Waals surface area contributed by atoms with Crippen molar-refractivity contribution in [2.45, 2.75) is 26.3 Å². The second-order valence-electron chi connectivity index (χ2n) is 5.80. The summed E-state index contributed by atoms with van der Waals surface area (Å²) in [4.78, 5) is 11.1. The molecule has 0 fully saturated rings. The van der Waals surface area contributed by atoms with Gasteiger partial charge >= 0.3 is 0 Å². The van der Waals surface area contributed by atoms with Gasteiger partial charge in [-0.05, 0) is 0 Å². The molecule has 0 atom stereocenters. The van der Waals surface area contributed by atoms with Crippen molar-refractivity contribution in [2.75, 3.05) is 27.4 Å². The predicted octanol–water partition coefficient (Wildman–Crippen LogP) is 1.65. The van der Waals surface area contributed by atoms with Gasteiger partial charge in [0.15, 0.2) is 5.84 Å². The van der Waals surface area contributed by atoms with Crippen molar-refractivity contribution in [3.8, 4) is 0 Å². The smallest absolute Gasteiger partial charge is 0.152 e. The SMILES string of the molecule is CC(C)c1cc(CN2C=C3C(=NCN3C)N(C)C2)no1. The van der Waals surface area contributed by atoms with Gasteiger partial charge in [0, 0.05) is 32.3 Å². The summed E-state index contributed by atoms with van der Waals surface area (Å²) in [6, 6.07) is 2.05. The van der Waals surface area contributed by atoms with Crippen molar-refractivity contribution >= 4 is 5.84 Å². The molecular formula is C14H21N5O. The van der Waals surface area contributed by atoms with Gasteiger partial charge in [0.1, 0.15) is 18.1 Å². The largest absolute Gasteiger partial charge is 0.361 e. The van der Waals surface area contributed by atoms with Gasteiger partial charge in [-0.15, -0.1) is 0 Å². The van der Waals surface area contributed by atoms with Crippen LogP contribution in [-0.2, 0) is 6.54 Å². The molecule has 0 amide bonds. The second-order valence-corrected chi connectivity index (χ2v) is 5.80. The molecule has 1 aromatic heterocycles. The average molecular weight is 275 g/mol. The fraction of sp³-hybridized carbons (Fsp3) is 0.571. The molecule has 20 heavy (non-hydrogen) atoms. The molecule has 0 spiro atoms. The molecule has 6 heteroatoms. The summed E-state index contributed by atoms with van der Waals surface area (Å²) < 4.78 is 5.36. The first-order chi connectivity index (χ1) is 9.54. The maximum atomic E-state index is 5.36. The second kappa shape index (κ2) is 4.85. The molecule has 0 saturated heterocycles. The van der Waals surface area contributed by atoms with Crippen molar-refractivity contribution < 1.29 is 4.52 Å². The Hall–Kier alpha value is -1.98. The van der Waals surface area contributed by atoms with E-state index in [0.29, 0.717) is 5.92 Å². The van der Waals surface area contributed by atoms with Crippen LogP contribution in [0, 0.1) is 0 Å². The molecule has 108 valence electrons. The quantitative estimate of drug-likeness (QED) is 0.839. The lowest BCUT2D eigenvalue weighted by Crippen LogP contribution is -2.42. The fourth-order valence-electron chi connectivity index (χ4n) is 2.51. The van der Waals surface area contributed by atoms with E-state index in [1.165, 1.54) is 5.70 Å². The molecule has 0 saturated carbocycles. The van der Waals surface area contributed by atoms with E-state index in [0.717, 1.165) is 37.2 Å². The number of hydrogen-bond acceptors (Lipinski definition) is 6. The first-order valence-electron chi connectivity index (χ1n) is 6.93. The Morgan fingerprint density at radius 3 is 2.80 bits per heavy atom. The van der Waals surface area contributed by atoms with Crippen LogP contribution >= 0.6 is 0 Å². The van der Waals surface area contributed by atoms with Gasteiger partial charge in [0.05, 0.1) is 18.9 Å². The van der Waals surface area contributed by atoms with E-state index in [1.54, 1.807) is 0 Å². The summed E-state index contributed by atoms with van der Waals surface area (Å²) in [6.45, 7) is 6.53. The Balaban J connectivity index is 1.76. The summed E-state index contributed by atoms with van der Waals surface area (Å²) in [5, 5.41) is 4.15. The number of hydrogen-bond donors (Lipinski definition) is 0. The van der Waals surface area contributed by atoms with Gasteiger partial charge in [0.25, 0.3) is 0 Å². The van der Waals surface area contributed by atoms with Crippen LogP contribution in [0.3, 0.4) is 0 Å². The summed E-state index contributed by atoms with van der Waals surface area (Å²) in [5.74, 6) is 2.39. The van der Waals surface area contributed by atoms with Crippen LogP contribution in [0.15, 0.2) is 27.5 Å². The minimum atomic E-state index is 0.373. The average Bonchev–Trinajstić information content (AvgIpc) is 2.98. The molecule has 1 aromatic rings. The van der Waals surface area contributed by atoms with Crippen molar-refractivity contribution in [3.05, 3.63) is 29.4 Å². The normalized spacial score (nSPS) is 18.6. The van der Waals surface area contributed by atoms with Crippen LogP contribution in [0.5, 0.6) is 0 Å². The van der Waals surface area contributed by atoms with E-state index in [2.05, 4.69) is 59.0 Å². The number of fused-ring (bicyclic) bond motifs is 1.